The monoisotopic (exact) mass is 225 g/mol. The molecule has 1 rings (SSSR count). The summed E-state index contributed by atoms with van der Waals surface area (Å²) < 4.78 is 18.5. The highest BCUT2D eigenvalue weighted by Crippen LogP contribution is 2.21. The number of hydrogen-bond donors (Lipinski definition) is 1. The van der Waals surface area contributed by atoms with Crippen LogP contribution >= 0.6 is 0 Å². The Kier molecular flexibility index (Phi) is 4.28. The van der Waals surface area contributed by atoms with Crippen LogP contribution < -0.4 is 10.5 Å². The number of carbonyl (C=O) groups is 1. The Hall–Kier alpha value is -1.58. The lowest BCUT2D eigenvalue weighted by Gasteiger charge is -2.15. The van der Waals surface area contributed by atoms with Crippen LogP contribution in [0.4, 0.5) is 4.39 Å². The van der Waals surface area contributed by atoms with Crippen LogP contribution in [0.15, 0.2) is 18.2 Å². The van der Waals surface area contributed by atoms with Gasteiger partial charge >= 0.3 is 0 Å². The molecule has 1 amide bonds. The van der Waals surface area contributed by atoms with Gasteiger partial charge in [0.15, 0.2) is 0 Å². The Bertz CT molecular complexity index is 379. The van der Waals surface area contributed by atoms with E-state index in [1.54, 1.807) is 0 Å². The predicted octanol–water partition coefficient (Wildman–Crippen LogP) is 2.49. The van der Waals surface area contributed by atoms with E-state index in [2.05, 4.69) is 0 Å². The molecule has 88 valence electrons. The molecule has 2 N–H and O–H groups in total. The van der Waals surface area contributed by atoms with Gasteiger partial charge in [0.25, 0.3) is 5.91 Å². The summed E-state index contributed by atoms with van der Waals surface area (Å²) in [7, 11) is 0. The molecule has 0 aliphatic rings. The largest absolute Gasteiger partial charge is 0.490 e. The number of nitrogens with two attached hydrogens (primary N) is 1. The van der Waals surface area contributed by atoms with Crippen LogP contribution in [0.2, 0.25) is 0 Å². The summed E-state index contributed by atoms with van der Waals surface area (Å²) in [4.78, 5) is 11.1. The summed E-state index contributed by atoms with van der Waals surface area (Å²) in [5, 5.41) is 0. The van der Waals surface area contributed by atoms with Crippen LogP contribution in [0.3, 0.4) is 0 Å². The zero-order valence-corrected chi connectivity index (χ0v) is 9.50. The molecule has 0 fully saturated rings. The van der Waals surface area contributed by atoms with Gasteiger partial charge in [-0.05, 0) is 31.5 Å². The van der Waals surface area contributed by atoms with Crippen LogP contribution in [0, 0.1) is 5.82 Å². The maximum atomic E-state index is 12.9. The van der Waals surface area contributed by atoms with Gasteiger partial charge in [-0.3, -0.25) is 4.79 Å². The van der Waals surface area contributed by atoms with Crippen molar-refractivity contribution in [2.24, 2.45) is 5.73 Å². The average Bonchev–Trinajstić information content (AvgIpc) is 2.20. The fourth-order valence-corrected chi connectivity index (χ4v) is 1.48. The smallest absolute Gasteiger partial charge is 0.252 e. The topological polar surface area (TPSA) is 52.3 Å². The van der Waals surface area contributed by atoms with E-state index in [1.165, 1.54) is 12.1 Å². The average molecular weight is 225 g/mol. The minimum atomic E-state index is -0.682. The van der Waals surface area contributed by atoms with Gasteiger partial charge in [0.2, 0.25) is 0 Å². The van der Waals surface area contributed by atoms with Gasteiger partial charge in [-0.1, -0.05) is 13.3 Å². The highest BCUT2D eigenvalue weighted by molar-refractivity contribution is 5.95. The minimum Gasteiger partial charge on any atom is -0.490 e. The molecule has 1 unspecified atom stereocenters. The molecule has 0 aliphatic carbocycles. The van der Waals surface area contributed by atoms with Crippen LogP contribution in [-0.2, 0) is 0 Å². The van der Waals surface area contributed by atoms with E-state index in [0.29, 0.717) is 5.75 Å². The Morgan fingerprint density at radius 2 is 2.25 bits per heavy atom. The number of hydrogen-bond acceptors (Lipinski definition) is 2. The van der Waals surface area contributed by atoms with Crippen molar-refractivity contribution < 1.29 is 13.9 Å². The molecule has 1 aromatic carbocycles. The lowest BCUT2D eigenvalue weighted by atomic mass is 10.1. The van der Waals surface area contributed by atoms with Gasteiger partial charge < -0.3 is 10.5 Å². The predicted molar refractivity (Wildman–Crippen MR) is 59.9 cm³/mol. The van der Waals surface area contributed by atoms with Crippen molar-refractivity contribution in [1.29, 1.82) is 0 Å². The zero-order valence-electron chi connectivity index (χ0n) is 9.50. The molecule has 0 radical (unpaired) electrons. The number of amides is 1. The summed E-state index contributed by atoms with van der Waals surface area (Å²) in [6.45, 7) is 3.94. The van der Waals surface area contributed by atoms with E-state index in [1.807, 2.05) is 13.8 Å². The number of halogens is 1. The number of benzene rings is 1. The molecule has 4 heteroatoms. The number of primary amides is 1. The van der Waals surface area contributed by atoms with Gasteiger partial charge in [-0.25, -0.2) is 4.39 Å². The minimum absolute atomic E-state index is 0.0199. The third-order valence-corrected chi connectivity index (χ3v) is 2.23. The molecule has 0 aromatic heterocycles. The molecular formula is C12H16FNO2. The van der Waals surface area contributed by atoms with Crippen LogP contribution in [0.25, 0.3) is 0 Å². The maximum absolute atomic E-state index is 12.9. The molecule has 0 aliphatic heterocycles. The number of carbonyl (C=O) groups excluding carboxylic acids is 1. The summed E-state index contributed by atoms with van der Waals surface area (Å²) in [5.41, 5.74) is 5.23. The Morgan fingerprint density at radius 1 is 1.56 bits per heavy atom. The Labute approximate surface area is 94.4 Å². The maximum Gasteiger partial charge on any atom is 0.252 e. The molecule has 1 atom stereocenters. The van der Waals surface area contributed by atoms with Crippen LogP contribution in [0.1, 0.15) is 37.0 Å². The highest BCUT2D eigenvalue weighted by atomic mass is 19.1. The standard InChI is InChI=1S/C12H16FNO2/c1-3-4-8(2)16-11-6-5-9(13)7-10(11)12(14)15/h5-8H,3-4H2,1-2H3,(H2,14,15). The molecular weight excluding hydrogens is 209 g/mol. The van der Waals surface area contributed by atoms with Gasteiger partial charge in [0, 0.05) is 0 Å². The van der Waals surface area contributed by atoms with Crippen molar-refractivity contribution in [3.63, 3.8) is 0 Å². The van der Waals surface area contributed by atoms with E-state index >= 15 is 0 Å². The van der Waals surface area contributed by atoms with E-state index in [-0.39, 0.29) is 11.7 Å². The van der Waals surface area contributed by atoms with Crippen LogP contribution in [0.5, 0.6) is 5.75 Å². The summed E-state index contributed by atoms with van der Waals surface area (Å²) >= 11 is 0. The first-order chi connectivity index (χ1) is 7.54. The molecule has 0 saturated heterocycles. The lowest BCUT2D eigenvalue weighted by molar-refractivity contribution is 0.0992. The van der Waals surface area contributed by atoms with Crippen molar-refractivity contribution in [3.8, 4) is 5.75 Å². The molecule has 1 aromatic rings. The molecule has 16 heavy (non-hydrogen) atoms. The molecule has 3 nitrogen and oxygen atoms in total. The second kappa shape index (κ2) is 5.49. The van der Waals surface area contributed by atoms with Gasteiger partial charge in [-0.2, -0.15) is 0 Å². The van der Waals surface area contributed by atoms with Gasteiger partial charge in [-0.15, -0.1) is 0 Å². The third-order valence-electron chi connectivity index (χ3n) is 2.23. The highest BCUT2D eigenvalue weighted by Gasteiger charge is 2.13. The molecule has 0 spiro atoms. The summed E-state index contributed by atoms with van der Waals surface area (Å²) in [5.74, 6) is -0.836. The summed E-state index contributed by atoms with van der Waals surface area (Å²) in [6.07, 6.45) is 1.83. The van der Waals surface area contributed by atoms with E-state index in [0.717, 1.165) is 18.9 Å². The third kappa shape index (κ3) is 3.22. The van der Waals surface area contributed by atoms with E-state index < -0.39 is 11.7 Å². The van der Waals surface area contributed by atoms with Crippen molar-refractivity contribution in [3.05, 3.63) is 29.6 Å². The molecule has 0 saturated carbocycles. The zero-order chi connectivity index (χ0) is 12.1. The first-order valence-corrected chi connectivity index (χ1v) is 5.30. The SMILES string of the molecule is CCCC(C)Oc1ccc(F)cc1C(N)=O. The van der Waals surface area contributed by atoms with Gasteiger partial charge in [0.05, 0.1) is 11.7 Å². The van der Waals surface area contributed by atoms with Crippen molar-refractivity contribution in [2.45, 2.75) is 32.8 Å². The molecule has 0 bridgehead atoms. The fourth-order valence-electron chi connectivity index (χ4n) is 1.48. The number of ether oxygens (including phenoxy) is 1. The van der Waals surface area contributed by atoms with Crippen molar-refractivity contribution in [1.82, 2.24) is 0 Å². The van der Waals surface area contributed by atoms with Crippen molar-refractivity contribution in [2.75, 3.05) is 0 Å². The first-order valence-electron chi connectivity index (χ1n) is 5.30. The Morgan fingerprint density at radius 3 is 2.81 bits per heavy atom. The molecule has 0 heterocycles. The van der Waals surface area contributed by atoms with Crippen LogP contribution in [-0.4, -0.2) is 12.0 Å². The lowest BCUT2D eigenvalue weighted by Crippen LogP contribution is -2.17. The van der Waals surface area contributed by atoms with E-state index in [9.17, 15) is 9.18 Å². The Balaban J connectivity index is 2.90. The quantitative estimate of drug-likeness (QED) is 0.837. The van der Waals surface area contributed by atoms with Gasteiger partial charge in [0.1, 0.15) is 11.6 Å². The fraction of sp³-hybridized carbons (Fsp3) is 0.417. The normalized spacial score (nSPS) is 12.2. The number of rotatable bonds is 5. The second-order valence-electron chi connectivity index (χ2n) is 3.72. The first kappa shape index (κ1) is 12.5. The summed E-state index contributed by atoms with van der Waals surface area (Å²) in [6, 6.07) is 3.78. The second-order valence-corrected chi connectivity index (χ2v) is 3.72. The van der Waals surface area contributed by atoms with Crippen molar-refractivity contribution >= 4 is 5.91 Å². The van der Waals surface area contributed by atoms with E-state index in [4.69, 9.17) is 10.5 Å².